The minimum absolute atomic E-state index is 0.0113. The van der Waals surface area contributed by atoms with E-state index in [4.69, 9.17) is 14.2 Å². The van der Waals surface area contributed by atoms with Crippen LogP contribution in [0, 0.1) is 10.1 Å². The summed E-state index contributed by atoms with van der Waals surface area (Å²) in [6, 6.07) is 17.3. The van der Waals surface area contributed by atoms with Gasteiger partial charge in [0.1, 0.15) is 11.3 Å². The Labute approximate surface area is 201 Å². The van der Waals surface area contributed by atoms with E-state index in [1.165, 1.54) is 37.6 Å². The first-order valence-corrected chi connectivity index (χ1v) is 10.6. The minimum Gasteiger partial charge on any atom is -0.496 e. The van der Waals surface area contributed by atoms with E-state index < -0.39 is 10.9 Å². The molecule has 0 aliphatic heterocycles. The predicted molar refractivity (Wildman–Crippen MR) is 128 cm³/mol. The second-order valence-corrected chi connectivity index (χ2v) is 7.12. The molecule has 3 aromatic carbocycles. The number of ether oxygens (including phenoxy) is 3. The van der Waals surface area contributed by atoms with Crippen molar-refractivity contribution in [2.45, 2.75) is 13.3 Å². The molecule has 0 saturated carbocycles. The molecule has 0 unspecified atom stereocenters. The third-order valence-corrected chi connectivity index (χ3v) is 4.71. The van der Waals surface area contributed by atoms with E-state index in [1.807, 2.05) is 0 Å². The number of amides is 1. The highest BCUT2D eigenvalue weighted by Crippen LogP contribution is 2.30. The molecule has 1 amide bonds. The van der Waals surface area contributed by atoms with Crippen molar-refractivity contribution in [3.05, 3.63) is 93.5 Å². The Kier molecular flexibility index (Phi) is 8.49. The number of esters is 1. The van der Waals surface area contributed by atoms with Gasteiger partial charge >= 0.3 is 5.97 Å². The molecule has 10 nitrogen and oxygen atoms in total. The first-order valence-electron chi connectivity index (χ1n) is 10.6. The summed E-state index contributed by atoms with van der Waals surface area (Å²) in [5, 5.41) is 14.6. The number of rotatable bonds is 10. The zero-order valence-corrected chi connectivity index (χ0v) is 19.1. The van der Waals surface area contributed by atoms with Gasteiger partial charge in [0.25, 0.3) is 5.69 Å². The molecule has 3 aromatic rings. The number of nitrogens with zero attached hydrogens (tertiary/aromatic N) is 2. The number of non-ortho nitro benzene ring substituents is 1. The van der Waals surface area contributed by atoms with Gasteiger partial charge in [0.2, 0.25) is 5.91 Å². The van der Waals surface area contributed by atoms with Gasteiger partial charge in [-0.3, -0.25) is 14.9 Å². The largest absolute Gasteiger partial charge is 0.496 e. The molecule has 10 heteroatoms. The molecule has 0 saturated heterocycles. The fourth-order valence-electron chi connectivity index (χ4n) is 3.06. The highest BCUT2D eigenvalue weighted by molar-refractivity contribution is 5.94. The van der Waals surface area contributed by atoms with Crippen LogP contribution in [-0.2, 0) is 11.2 Å². The van der Waals surface area contributed by atoms with Crippen LogP contribution in [0.5, 0.6) is 17.2 Å². The Bertz CT molecular complexity index is 1240. The molecule has 0 aromatic heterocycles. The first-order chi connectivity index (χ1) is 16.9. The molecule has 0 aliphatic carbocycles. The van der Waals surface area contributed by atoms with Gasteiger partial charge in [0.05, 0.1) is 31.3 Å². The van der Waals surface area contributed by atoms with Crippen molar-refractivity contribution in [3.63, 3.8) is 0 Å². The number of hydrogen-bond donors (Lipinski definition) is 1. The molecule has 1 N–H and O–H groups in total. The fraction of sp³-hybridized carbons (Fsp3) is 0.160. The summed E-state index contributed by atoms with van der Waals surface area (Å²) in [6.07, 6.45) is 1.43. The number of carbonyl (C=O) groups is 2. The quantitative estimate of drug-likeness (QED) is 0.154. The Balaban J connectivity index is 1.64. The predicted octanol–water partition coefficient (Wildman–Crippen LogP) is 3.91. The lowest BCUT2D eigenvalue weighted by atomic mass is 10.1. The smallest absolute Gasteiger partial charge is 0.347 e. The van der Waals surface area contributed by atoms with Crippen LogP contribution in [0.15, 0.2) is 71.8 Å². The molecule has 180 valence electrons. The summed E-state index contributed by atoms with van der Waals surface area (Å²) in [4.78, 5) is 34.9. The van der Waals surface area contributed by atoms with Crippen LogP contribution in [0.1, 0.15) is 28.4 Å². The first kappa shape index (κ1) is 24.9. The Morgan fingerprint density at radius 2 is 1.77 bits per heavy atom. The van der Waals surface area contributed by atoms with Crippen molar-refractivity contribution in [2.75, 3.05) is 13.7 Å². The maximum atomic E-state index is 12.6. The van der Waals surface area contributed by atoms with Crippen molar-refractivity contribution in [3.8, 4) is 17.2 Å². The number of nitrogens with one attached hydrogen (secondary N) is 1. The number of methoxy groups -OCH3 is 1. The number of para-hydroxylation sites is 1. The molecule has 3 rings (SSSR count). The number of benzene rings is 3. The van der Waals surface area contributed by atoms with Gasteiger partial charge in [-0.15, -0.1) is 0 Å². The van der Waals surface area contributed by atoms with Crippen molar-refractivity contribution in [2.24, 2.45) is 5.10 Å². The van der Waals surface area contributed by atoms with Gasteiger partial charge in [-0.2, -0.15) is 5.10 Å². The molecule has 0 bridgehead atoms. The monoisotopic (exact) mass is 477 g/mol. The highest BCUT2D eigenvalue weighted by Gasteiger charge is 2.17. The zero-order valence-electron chi connectivity index (χ0n) is 19.1. The SMILES string of the molecule is CCOc1cc(/C=N/NC(=O)Cc2ccc([N+](=O)[O-])cc2)ccc1OC(=O)c1ccccc1OC. The van der Waals surface area contributed by atoms with Gasteiger partial charge in [-0.1, -0.05) is 24.3 Å². The lowest BCUT2D eigenvalue weighted by Gasteiger charge is -2.12. The maximum Gasteiger partial charge on any atom is 0.347 e. The summed E-state index contributed by atoms with van der Waals surface area (Å²) in [5.74, 6) is -0.0338. The highest BCUT2D eigenvalue weighted by atomic mass is 16.6. The van der Waals surface area contributed by atoms with E-state index in [0.717, 1.165) is 0 Å². The Morgan fingerprint density at radius 3 is 2.46 bits per heavy atom. The number of hydrogen-bond acceptors (Lipinski definition) is 8. The second-order valence-electron chi connectivity index (χ2n) is 7.12. The maximum absolute atomic E-state index is 12.6. The zero-order chi connectivity index (χ0) is 25.2. The molecule has 35 heavy (non-hydrogen) atoms. The second kappa shape index (κ2) is 11.9. The summed E-state index contributed by atoms with van der Waals surface area (Å²) in [6.45, 7) is 2.14. The number of nitro groups is 1. The van der Waals surface area contributed by atoms with E-state index in [-0.39, 0.29) is 29.3 Å². The normalized spacial score (nSPS) is 10.6. The molecule has 0 atom stereocenters. The number of carbonyl (C=O) groups excluding carboxylic acids is 2. The Morgan fingerprint density at radius 1 is 1.03 bits per heavy atom. The van der Waals surface area contributed by atoms with E-state index in [0.29, 0.717) is 29.2 Å². The summed E-state index contributed by atoms with van der Waals surface area (Å²) < 4.78 is 16.3. The average Bonchev–Trinajstić information content (AvgIpc) is 2.86. The van der Waals surface area contributed by atoms with E-state index in [2.05, 4.69) is 10.5 Å². The molecular formula is C25H23N3O7. The number of hydrazone groups is 1. The van der Waals surface area contributed by atoms with E-state index in [9.17, 15) is 19.7 Å². The van der Waals surface area contributed by atoms with Crippen molar-refractivity contribution < 1.29 is 28.7 Å². The molecule has 0 radical (unpaired) electrons. The van der Waals surface area contributed by atoms with Gasteiger partial charge in [0, 0.05) is 12.1 Å². The number of nitro benzene ring substituents is 1. The Hall–Kier alpha value is -4.73. The molecule has 0 fully saturated rings. The van der Waals surface area contributed by atoms with Crippen LogP contribution < -0.4 is 19.6 Å². The van der Waals surface area contributed by atoms with Gasteiger partial charge in [0.15, 0.2) is 11.5 Å². The van der Waals surface area contributed by atoms with Crippen LogP contribution >= 0.6 is 0 Å². The van der Waals surface area contributed by atoms with E-state index >= 15 is 0 Å². The molecular weight excluding hydrogens is 454 g/mol. The topological polar surface area (TPSA) is 129 Å². The van der Waals surface area contributed by atoms with Gasteiger partial charge in [-0.25, -0.2) is 10.2 Å². The fourth-order valence-corrected chi connectivity index (χ4v) is 3.06. The minimum atomic E-state index is -0.594. The molecule has 0 heterocycles. The lowest BCUT2D eigenvalue weighted by Crippen LogP contribution is -2.19. The summed E-state index contributed by atoms with van der Waals surface area (Å²) in [7, 11) is 1.47. The molecule has 0 aliphatic rings. The van der Waals surface area contributed by atoms with Crippen LogP contribution in [0.2, 0.25) is 0 Å². The van der Waals surface area contributed by atoms with Crippen LogP contribution in [0.3, 0.4) is 0 Å². The van der Waals surface area contributed by atoms with Crippen molar-refractivity contribution in [1.82, 2.24) is 5.43 Å². The van der Waals surface area contributed by atoms with Crippen molar-refractivity contribution in [1.29, 1.82) is 0 Å². The third-order valence-electron chi connectivity index (χ3n) is 4.71. The van der Waals surface area contributed by atoms with Crippen molar-refractivity contribution >= 4 is 23.8 Å². The third kappa shape index (κ3) is 6.87. The van der Waals surface area contributed by atoms with Crippen LogP contribution in [0.25, 0.3) is 0 Å². The van der Waals surface area contributed by atoms with Gasteiger partial charge < -0.3 is 14.2 Å². The summed E-state index contributed by atoms with van der Waals surface area (Å²) in [5.41, 5.74) is 3.85. The standard InChI is InChI=1S/C25H23N3O7/c1-3-34-23-14-18(10-13-22(23)35-25(30)20-6-4-5-7-21(20)33-2)16-26-27-24(29)15-17-8-11-19(12-9-17)28(31)32/h4-14,16H,3,15H2,1-2H3,(H,27,29)/b26-16+. The van der Waals surface area contributed by atoms with Gasteiger partial charge in [-0.05, 0) is 48.4 Å². The average molecular weight is 477 g/mol. The lowest BCUT2D eigenvalue weighted by molar-refractivity contribution is -0.384. The molecule has 0 spiro atoms. The van der Waals surface area contributed by atoms with Crippen LogP contribution in [-0.4, -0.2) is 36.7 Å². The van der Waals surface area contributed by atoms with E-state index in [1.54, 1.807) is 49.4 Å². The van der Waals surface area contributed by atoms with Crippen LogP contribution in [0.4, 0.5) is 5.69 Å². The summed E-state index contributed by atoms with van der Waals surface area (Å²) >= 11 is 0.